The molecule has 0 heterocycles. The summed E-state index contributed by atoms with van der Waals surface area (Å²) in [5.41, 5.74) is 0. The van der Waals surface area contributed by atoms with Crippen molar-refractivity contribution >= 4 is 6.29 Å². The lowest BCUT2D eigenvalue weighted by Gasteiger charge is -2.01. The van der Waals surface area contributed by atoms with Gasteiger partial charge in [0.05, 0.1) is 0 Å². The van der Waals surface area contributed by atoms with Crippen molar-refractivity contribution in [3.63, 3.8) is 0 Å². The van der Waals surface area contributed by atoms with E-state index < -0.39 is 0 Å². The number of likely N-dealkylation sites (N-methyl/N-ethyl adjacent to an activating group) is 1. The first-order valence-corrected chi connectivity index (χ1v) is 2.52. The highest BCUT2D eigenvalue weighted by atomic mass is 16.1. The minimum Gasteiger partial charge on any atom is -0.344 e. The second kappa shape index (κ2) is 7.33. The highest BCUT2D eigenvalue weighted by molar-refractivity contribution is 5.64. The first-order chi connectivity index (χ1) is 3.77. The van der Waals surface area contributed by atoms with E-state index in [-0.39, 0.29) is 7.58 Å². The fraction of sp³-hybridized carbons (Fsp3) is 0.500. The average molecular weight is 132 g/mol. The van der Waals surface area contributed by atoms with Crippen LogP contribution < -0.4 is 6.15 Å². The molecule has 0 fully saturated rings. The maximum Gasteiger partial charge on any atom is 0.142 e. The lowest BCUT2D eigenvalue weighted by Crippen LogP contribution is -2.10. The van der Waals surface area contributed by atoms with Crippen LogP contribution in [-0.4, -0.2) is 31.8 Å². The van der Waals surface area contributed by atoms with Crippen LogP contribution in [-0.2, 0) is 4.79 Å². The van der Waals surface area contributed by atoms with Crippen LogP contribution in [0.1, 0.15) is 1.43 Å². The van der Waals surface area contributed by atoms with Gasteiger partial charge in [-0.1, -0.05) is 6.08 Å². The van der Waals surface area contributed by atoms with Gasteiger partial charge in [-0.2, -0.15) is 0 Å². The minimum absolute atomic E-state index is 0. The number of hydrogen-bond donors (Lipinski definition) is 1. The van der Waals surface area contributed by atoms with Crippen molar-refractivity contribution in [1.29, 1.82) is 0 Å². The molecule has 0 aliphatic rings. The molecule has 3 heteroatoms. The zero-order valence-electron chi connectivity index (χ0n) is 6.00. The Morgan fingerprint density at radius 3 is 2.44 bits per heavy atom. The summed E-state index contributed by atoms with van der Waals surface area (Å²) in [5.74, 6) is 0. The highest BCUT2D eigenvalue weighted by Gasteiger charge is 1.78. The van der Waals surface area contributed by atoms with E-state index in [0.717, 1.165) is 12.8 Å². The SMILES string of the molecule is CN(C)C/C=C/C=O.N.[HH]. The minimum atomic E-state index is 0. The predicted molar refractivity (Wildman–Crippen MR) is 40.9 cm³/mol. The molecule has 0 rings (SSSR count). The summed E-state index contributed by atoms with van der Waals surface area (Å²) < 4.78 is 0. The van der Waals surface area contributed by atoms with Gasteiger partial charge in [0.1, 0.15) is 6.29 Å². The summed E-state index contributed by atoms with van der Waals surface area (Å²) >= 11 is 0. The maximum absolute atomic E-state index is 9.68. The Morgan fingerprint density at radius 2 is 2.11 bits per heavy atom. The van der Waals surface area contributed by atoms with E-state index in [1.807, 2.05) is 25.1 Å². The second-order valence-corrected chi connectivity index (χ2v) is 1.83. The topological polar surface area (TPSA) is 55.3 Å². The molecule has 0 spiro atoms. The van der Waals surface area contributed by atoms with Crippen LogP contribution in [0.25, 0.3) is 0 Å². The van der Waals surface area contributed by atoms with Gasteiger partial charge in [0.2, 0.25) is 0 Å². The van der Waals surface area contributed by atoms with Crippen LogP contribution in [0.2, 0.25) is 0 Å². The third-order valence-corrected chi connectivity index (χ3v) is 0.685. The summed E-state index contributed by atoms with van der Waals surface area (Å²) in [7, 11) is 3.91. The number of allylic oxidation sites excluding steroid dienone is 1. The Hall–Kier alpha value is -0.670. The Balaban J connectivity index is -0.000000245. The molecule has 0 aromatic rings. The molecule has 0 unspecified atom stereocenters. The molecule has 0 saturated heterocycles. The molecule has 0 saturated carbocycles. The van der Waals surface area contributed by atoms with E-state index in [1.165, 1.54) is 6.08 Å². The Labute approximate surface area is 57.4 Å². The Bertz CT molecular complexity index is 93.7. The van der Waals surface area contributed by atoms with E-state index in [9.17, 15) is 4.79 Å². The van der Waals surface area contributed by atoms with Gasteiger partial charge in [-0.25, -0.2) is 0 Å². The van der Waals surface area contributed by atoms with Crippen molar-refractivity contribution in [1.82, 2.24) is 11.1 Å². The fourth-order valence-electron chi connectivity index (χ4n) is 0.327. The van der Waals surface area contributed by atoms with Crippen LogP contribution >= 0.6 is 0 Å². The number of nitrogens with zero attached hydrogens (tertiary/aromatic N) is 1. The quantitative estimate of drug-likeness (QED) is 0.454. The standard InChI is InChI=1S/C6H11NO.H3N.H2/c1-7(2)5-3-4-6-8;;/h3-4,6H,5H2,1-2H3;1H3;1H/b4-3+;;. The molecule has 0 aromatic carbocycles. The summed E-state index contributed by atoms with van der Waals surface area (Å²) in [5, 5.41) is 0. The second-order valence-electron chi connectivity index (χ2n) is 1.83. The summed E-state index contributed by atoms with van der Waals surface area (Å²) in [6, 6.07) is 0. The van der Waals surface area contributed by atoms with Gasteiger partial charge in [0.15, 0.2) is 0 Å². The number of aldehydes is 1. The lowest BCUT2D eigenvalue weighted by molar-refractivity contribution is -0.104. The molecule has 0 aromatic heterocycles. The largest absolute Gasteiger partial charge is 0.344 e. The predicted octanol–water partition coefficient (Wildman–Crippen LogP) is 0.711. The molecule has 9 heavy (non-hydrogen) atoms. The van der Waals surface area contributed by atoms with Gasteiger partial charge < -0.3 is 11.1 Å². The van der Waals surface area contributed by atoms with Crippen molar-refractivity contribution in [2.75, 3.05) is 20.6 Å². The first kappa shape index (κ1) is 11.2. The van der Waals surface area contributed by atoms with Gasteiger partial charge in [0, 0.05) is 7.97 Å². The molecular weight excluding hydrogens is 116 g/mol. The molecule has 0 aliphatic carbocycles. The smallest absolute Gasteiger partial charge is 0.142 e. The third-order valence-electron chi connectivity index (χ3n) is 0.685. The normalized spacial score (nSPS) is 9.67. The molecule has 3 nitrogen and oxygen atoms in total. The van der Waals surface area contributed by atoms with E-state index in [4.69, 9.17) is 0 Å². The molecule has 56 valence electrons. The van der Waals surface area contributed by atoms with Crippen LogP contribution in [0.4, 0.5) is 0 Å². The van der Waals surface area contributed by atoms with Crippen molar-refractivity contribution < 1.29 is 6.22 Å². The van der Waals surface area contributed by atoms with Crippen LogP contribution in [0, 0.1) is 0 Å². The van der Waals surface area contributed by atoms with Gasteiger partial charge >= 0.3 is 0 Å². The van der Waals surface area contributed by atoms with Crippen LogP contribution in [0.5, 0.6) is 0 Å². The first-order valence-electron chi connectivity index (χ1n) is 2.52. The zero-order chi connectivity index (χ0) is 6.41. The monoisotopic (exact) mass is 132 g/mol. The van der Waals surface area contributed by atoms with E-state index in [0.29, 0.717) is 0 Å². The number of carbonyl (C=O) groups is 1. The maximum atomic E-state index is 9.68. The van der Waals surface area contributed by atoms with Crippen molar-refractivity contribution in [2.24, 2.45) is 0 Å². The van der Waals surface area contributed by atoms with E-state index >= 15 is 0 Å². The van der Waals surface area contributed by atoms with Crippen molar-refractivity contribution in [3.05, 3.63) is 12.2 Å². The molecule has 0 atom stereocenters. The lowest BCUT2D eigenvalue weighted by atomic mass is 10.5. The molecule has 3 N–H and O–H groups in total. The van der Waals surface area contributed by atoms with Gasteiger partial charge in [0.25, 0.3) is 0 Å². The third kappa shape index (κ3) is 11.1. The molecular formula is C6H16N2O. The van der Waals surface area contributed by atoms with Crippen molar-refractivity contribution in [3.8, 4) is 0 Å². The zero-order valence-corrected chi connectivity index (χ0v) is 6.00. The van der Waals surface area contributed by atoms with Crippen molar-refractivity contribution in [2.45, 2.75) is 0 Å². The molecule has 0 amide bonds. The molecule has 0 aliphatic heterocycles. The summed E-state index contributed by atoms with van der Waals surface area (Å²) in [6.07, 6.45) is 4.09. The van der Waals surface area contributed by atoms with Gasteiger partial charge in [-0.3, -0.25) is 4.79 Å². The van der Waals surface area contributed by atoms with E-state index in [2.05, 4.69) is 0 Å². The van der Waals surface area contributed by atoms with E-state index in [1.54, 1.807) is 0 Å². The van der Waals surface area contributed by atoms with Crippen LogP contribution in [0.3, 0.4) is 0 Å². The molecule has 0 radical (unpaired) electrons. The number of hydrogen-bond acceptors (Lipinski definition) is 3. The van der Waals surface area contributed by atoms with Crippen LogP contribution in [0.15, 0.2) is 12.2 Å². The van der Waals surface area contributed by atoms with Gasteiger partial charge in [-0.15, -0.1) is 0 Å². The average Bonchev–Trinajstić information content (AvgIpc) is 1.66. The highest BCUT2D eigenvalue weighted by Crippen LogP contribution is 1.73. The number of carbonyl (C=O) groups excluding carboxylic acids is 1. The Kier molecular flexibility index (Phi) is 9.10. The van der Waals surface area contributed by atoms with Gasteiger partial charge in [-0.05, 0) is 20.2 Å². The summed E-state index contributed by atoms with van der Waals surface area (Å²) in [4.78, 5) is 11.7. The molecule has 0 bridgehead atoms. The summed E-state index contributed by atoms with van der Waals surface area (Å²) in [6.45, 7) is 0.832. The fourth-order valence-corrected chi connectivity index (χ4v) is 0.327. The Morgan fingerprint density at radius 1 is 1.56 bits per heavy atom. The number of rotatable bonds is 3.